The van der Waals surface area contributed by atoms with Crippen LogP contribution in [0.5, 0.6) is 0 Å². The number of imidazole rings is 1. The number of rotatable bonds is 2. The van der Waals surface area contributed by atoms with E-state index in [4.69, 9.17) is 16.7 Å². The number of carbonyl (C=O) groups is 1. The van der Waals surface area contributed by atoms with Crippen LogP contribution in [0.1, 0.15) is 11.4 Å². The Balaban J connectivity index is 0.00000128. The largest absolute Gasteiger partial charge is 0.481 e. The summed E-state index contributed by atoms with van der Waals surface area (Å²) in [4.78, 5) is 14.9. The maximum Gasteiger partial charge on any atom is 0.309 e. The number of aliphatic carboxylic acids is 1. The normalized spacial score (nSPS) is 10.1. The van der Waals surface area contributed by atoms with Gasteiger partial charge in [-0.1, -0.05) is 11.6 Å². The average molecular weight is 261 g/mol. The number of aromatic nitrogens is 2. The Morgan fingerprint density at radius 3 is 2.94 bits per heavy atom. The highest BCUT2D eigenvalue weighted by molar-refractivity contribution is 6.30. The van der Waals surface area contributed by atoms with Gasteiger partial charge >= 0.3 is 5.97 Å². The van der Waals surface area contributed by atoms with E-state index < -0.39 is 5.97 Å². The molecule has 0 spiro atoms. The first kappa shape index (κ1) is 12.8. The number of nitrogens with zero attached hydrogens (tertiary/aromatic N) is 2. The number of pyridine rings is 1. The van der Waals surface area contributed by atoms with Gasteiger partial charge in [-0.15, -0.1) is 12.4 Å². The van der Waals surface area contributed by atoms with Gasteiger partial charge in [0.15, 0.2) is 0 Å². The lowest BCUT2D eigenvalue weighted by molar-refractivity contribution is -0.136. The smallest absolute Gasteiger partial charge is 0.309 e. The van der Waals surface area contributed by atoms with Crippen LogP contribution < -0.4 is 0 Å². The van der Waals surface area contributed by atoms with Crippen LogP contribution in [-0.2, 0) is 11.2 Å². The summed E-state index contributed by atoms with van der Waals surface area (Å²) < 4.78 is 1.75. The third-order valence-corrected chi connectivity index (χ3v) is 2.44. The van der Waals surface area contributed by atoms with Gasteiger partial charge in [-0.25, -0.2) is 4.98 Å². The monoisotopic (exact) mass is 260 g/mol. The molecule has 2 aromatic rings. The fraction of sp³-hybridized carbons (Fsp3) is 0.200. The van der Waals surface area contributed by atoms with Crippen molar-refractivity contribution in [3.05, 3.63) is 34.7 Å². The van der Waals surface area contributed by atoms with E-state index in [1.165, 1.54) is 0 Å². The summed E-state index contributed by atoms with van der Waals surface area (Å²) >= 11 is 5.82. The van der Waals surface area contributed by atoms with Crippen molar-refractivity contribution in [3.63, 3.8) is 0 Å². The molecule has 0 saturated carbocycles. The van der Waals surface area contributed by atoms with Gasteiger partial charge < -0.3 is 9.51 Å². The van der Waals surface area contributed by atoms with E-state index in [2.05, 4.69) is 4.98 Å². The number of hydrogen-bond donors (Lipinski definition) is 1. The summed E-state index contributed by atoms with van der Waals surface area (Å²) in [5.41, 5.74) is 2.09. The van der Waals surface area contributed by atoms with Crippen molar-refractivity contribution in [1.29, 1.82) is 0 Å². The standard InChI is InChI=1S/C10H9ClN2O2.ClH/c1-6-8(5-10(14)15)13-3-2-7(11)4-9(13)12-6;/h2-4H,5H2,1H3,(H,14,15);1H. The molecule has 2 aromatic heterocycles. The summed E-state index contributed by atoms with van der Waals surface area (Å²) in [5.74, 6) is -0.866. The molecule has 0 radical (unpaired) electrons. The SMILES string of the molecule is Cc1nc2cc(Cl)ccn2c1CC(=O)O.Cl. The number of fused-ring (bicyclic) bond motifs is 1. The molecule has 6 heteroatoms. The second-order valence-corrected chi connectivity index (χ2v) is 3.72. The first-order chi connectivity index (χ1) is 7.08. The van der Waals surface area contributed by atoms with Crippen LogP contribution in [0.25, 0.3) is 5.65 Å². The van der Waals surface area contributed by atoms with Gasteiger partial charge in [0.1, 0.15) is 5.65 Å². The van der Waals surface area contributed by atoms with Crippen LogP contribution >= 0.6 is 24.0 Å². The van der Waals surface area contributed by atoms with Crippen molar-refractivity contribution in [3.8, 4) is 0 Å². The molecule has 16 heavy (non-hydrogen) atoms. The zero-order chi connectivity index (χ0) is 11.0. The third-order valence-electron chi connectivity index (χ3n) is 2.21. The molecule has 86 valence electrons. The van der Waals surface area contributed by atoms with Gasteiger partial charge in [-0.2, -0.15) is 0 Å². The molecule has 0 aliphatic rings. The molecular weight excluding hydrogens is 251 g/mol. The Morgan fingerprint density at radius 1 is 1.62 bits per heavy atom. The highest BCUT2D eigenvalue weighted by Gasteiger charge is 2.11. The van der Waals surface area contributed by atoms with Gasteiger partial charge in [0.25, 0.3) is 0 Å². The van der Waals surface area contributed by atoms with Crippen LogP contribution in [-0.4, -0.2) is 20.5 Å². The number of aryl methyl sites for hydroxylation is 1. The van der Waals surface area contributed by atoms with Crippen molar-refractivity contribution >= 4 is 35.6 Å². The number of carboxylic acids is 1. The van der Waals surface area contributed by atoms with Gasteiger partial charge in [-0.3, -0.25) is 4.79 Å². The Hall–Kier alpha value is -1.26. The topological polar surface area (TPSA) is 54.6 Å². The molecule has 0 amide bonds. The summed E-state index contributed by atoms with van der Waals surface area (Å²) in [6.07, 6.45) is 1.70. The first-order valence-electron chi connectivity index (χ1n) is 4.43. The Labute approximate surface area is 103 Å². The van der Waals surface area contributed by atoms with E-state index in [1.807, 2.05) is 0 Å². The van der Waals surface area contributed by atoms with Crippen molar-refractivity contribution in [2.75, 3.05) is 0 Å². The lowest BCUT2D eigenvalue weighted by atomic mass is 10.2. The lowest BCUT2D eigenvalue weighted by Crippen LogP contribution is -2.04. The lowest BCUT2D eigenvalue weighted by Gasteiger charge is -1.99. The van der Waals surface area contributed by atoms with Crippen molar-refractivity contribution in [1.82, 2.24) is 9.38 Å². The number of halogens is 2. The average Bonchev–Trinajstić information content (AvgIpc) is 2.41. The first-order valence-corrected chi connectivity index (χ1v) is 4.80. The fourth-order valence-electron chi connectivity index (χ4n) is 1.54. The summed E-state index contributed by atoms with van der Waals surface area (Å²) in [6.45, 7) is 1.79. The van der Waals surface area contributed by atoms with Crippen LogP contribution in [0.4, 0.5) is 0 Å². The highest BCUT2D eigenvalue weighted by atomic mass is 35.5. The van der Waals surface area contributed by atoms with E-state index in [9.17, 15) is 4.79 Å². The minimum atomic E-state index is -0.866. The molecule has 0 atom stereocenters. The van der Waals surface area contributed by atoms with Gasteiger partial charge in [0.05, 0.1) is 17.8 Å². The number of carboxylic acid groups (broad SMARTS) is 1. The van der Waals surface area contributed by atoms with Crippen LogP contribution in [0.2, 0.25) is 5.02 Å². The molecule has 0 unspecified atom stereocenters. The van der Waals surface area contributed by atoms with E-state index in [1.54, 1.807) is 29.7 Å². The zero-order valence-electron chi connectivity index (χ0n) is 8.48. The molecule has 0 aliphatic heterocycles. The summed E-state index contributed by atoms with van der Waals surface area (Å²) in [6, 6.07) is 3.42. The van der Waals surface area contributed by atoms with Crippen LogP contribution in [0.3, 0.4) is 0 Å². The number of hydrogen-bond acceptors (Lipinski definition) is 2. The Bertz CT molecular complexity index is 537. The molecule has 0 fully saturated rings. The quantitative estimate of drug-likeness (QED) is 0.902. The van der Waals surface area contributed by atoms with E-state index in [0.29, 0.717) is 16.4 Å². The molecular formula is C10H10Cl2N2O2. The molecule has 4 nitrogen and oxygen atoms in total. The minimum Gasteiger partial charge on any atom is -0.481 e. The van der Waals surface area contributed by atoms with Crippen LogP contribution in [0.15, 0.2) is 18.3 Å². The van der Waals surface area contributed by atoms with Gasteiger partial charge in [0.2, 0.25) is 0 Å². The fourth-order valence-corrected chi connectivity index (χ4v) is 1.70. The third kappa shape index (κ3) is 2.28. The van der Waals surface area contributed by atoms with Crippen LogP contribution in [0, 0.1) is 6.92 Å². The summed E-state index contributed by atoms with van der Waals surface area (Å²) in [7, 11) is 0. The van der Waals surface area contributed by atoms with E-state index >= 15 is 0 Å². The second-order valence-electron chi connectivity index (χ2n) is 3.29. The van der Waals surface area contributed by atoms with E-state index in [0.717, 1.165) is 5.69 Å². The molecule has 0 saturated heterocycles. The minimum absolute atomic E-state index is 0. The second kappa shape index (κ2) is 4.72. The molecule has 1 N–H and O–H groups in total. The maximum absolute atomic E-state index is 10.7. The maximum atomic E-state index is 10.7. The molecule has 0 bridgehead atoms. The van der Waals surface area contributed by atoms with Crippen molar-refractivity contribution in [2.45, 2.75) is 13.3 Å². The van der Waals surface area contributed by atoms with Crippen molar-refractivity contribution in [2.24, 2.45) is 0 Å². The Kier molecular flexibility index (Phi) is 3.78. The Morgan fingerprint density at radius 2 is 2.31 bits per heavy atom. The van der Waals surface area contributed by atoms with E-state index in [-0.39, 0.29) is 18.8 Å². The van der Waals surface area contributed by atoms with Gasteiger partial charge in [-0.05, 0) is 13.0 Å². The predicted molar refractivity (Wildman–Crippen MR) is 63.5 cm³/mol. The molecule has 0 aromatic carbocycles. The highest BCUT2D eigenvalue weighted by Crippen LogP contribution is 2.16. The van der Waals surface area contributed by atoms with Gasteiger partial charge in [0, 0.05) is 17.3 Å². The zero-order valence-corrected chi connectivity index (χ0v) is 10.0. The molecule has 0 aliphatic carbocycles. The van der Waals surface area contributed by atoms with Crippen molar-refractivity contribution < 1.29 is 9.90 Å². The summed E-state index contributed by atoms with van der Waals surface area (Å²) in [5, 5.41) is 9.35. The molecule has 2 heterocycles. The molecule has 2 rings (SSSR count). The predicted octanol–water partition coefficient (Wildman–Crippen LogP) is 2.35.